The fourth-order valence-electron chi connectivity index (χ4n) is 3.48. The first-order valence-corrected chi connectivity index (χ1v) is 8.37. The molecule has 130 valence electrons. The quantitative estimate of drug-likeness (QED) is 0.642. The molecule has 7 nitrogen and oxygen atoms in total. The molecule has 2 bridgehead atoms. The van der Waals surface area contributed by atoms with Crippen LogP contribution in [-0.2, 0) is 10.2 Å². The van der Waals surface area contributed by atoms with Crippen LogP contribution in [0.25, 0.3) is 0 Å². The molecular formula is C17H24N4O3. The van der Waals surface area contributed by atoms with E-state index in [-0.39, 0.29) is 11.6 Å². The molecule has 0 aliphatic carbocycles. The van der Waals surface area contributed by atoms with E-state index in [1.165, 1.54) is 12.1 Å². The standard InChI is InChI=1S/C17H24N4O3/c1-17(2,13-3-5-14(6-4-13)21(23)24)16(22)18-11-15-12-19-7-9-20(15)10-8-19/h3-6,15H,7-12H2,1-2H3,(H,18,22). The van der Waals surface area contributed by atoms with Gasteiger partial charge < -0.3 is 5.32 Å². The van der Waals surface area contributed by atoms with Gasteiger partial charge in [-0.1, -0.05) is 12.1 Å². The Bertz CT molecular complexity index is 621. The molecule has 4 rings (SSSR count). The number of piperazine rings is 3. The molecule has 1 aromatic rings. The number of amides is 1. The summed E-state index contributed by atoms with van der Waals surface area (Å²) in [6.45, 7) is 9.75. The number of nitro groups is 1. The number of carbonyl (C=O) groups excluding carboxylic acids is 1. The van der Waals surface area contributed by atoms with Gasteiger partial charge in [-0.25, -0.2) is 0 Å². The van der Waals surface area contributed by atoms with E-state index in [4.69, 9.17) is 0 Å². The van der Waals surface area contributed by atoms with Gasteiger partial charge in [0.25, 0.3) is 5.69 Å². The number of carbonyl (C=O) groups is 1. The van der Waals surface area contributed by atoms with Crippen molar-refractivity contribution >= 4 is 11.6 Å². The van der Waals surface area contributed by atoms with Crippen molar-refractivity contribution in [2.75, 3.05) is 39.3 Å². The summed E-state index contributed by atoms with van der Waals surface area (Å²) in [6, 6.07) is 6.60. The minimum atomic E-state index is -0.724. The van der Waals surface area contributed by atoms with Crippen molar-refractivity contribution in [3.8, 4) is 0 Å². The highest BCUT2D eigenvalue weighted by molar-refractivity contribution is 5.87. The number of nitro benzene ring substituents is 1. The maximum atomic E-state index is 12.7. The molecule has 3 heterocycles. The molecule has 7 heteroatoms. The Kier molecular flexibility index (Phi) is 4.56. The van der Waals surface area contributed by atoms with Crippen LogP contribution in [0.5, 0.6) is 0 Å². The van der Waals surface area contributed by atoms with Gasteiger partial charge in [0.15, 0.2) is 0 Å². The lowest BCUT2D eigenvalue weighted by Crippen LogP contribution is -2.63. The molecule has 24 heavy (non-hydrogen) atoms. The second kappa shape index (κ2) is 6.49. The fraction of sp³-hybridized carbons (Fsp3) is 0.588. The van der Waals surface area contributed by atoms with Crippen molar-refractivity contribution in [1.29, 1.82) is 0 Å². The number of fused-ring (bicyclic) bond motifs is 3. The zero-order valence-corrected chi connectivity index (χ0v) is 14.2. The van der Waals surface area contributed by atoms with Gasteiger partial charge in [0.2, 0.25) is 5.91 Å². The minimum absolute atomic E-state index is 0.0371. The Hall–Kier alpha value is -1.99. The number of hydrogen-bond donors (Lipinski definition) is 1. The molecule has 1 aromatic carbocycles. The number of rotatable bonds is 5. The van der Waals surface area contributed by atoms with Gasteiger partial charge in [-0.05, 0) is 19.4 Å². The maximum Gasteiger partial charge on any atom is 0.269 e. The van der Waals surface area contributed by atoms with Crippen molar-refractivity contribution in [1.82, 2.24) is 15.1 Å². The van der Waals surface area contributed by atoms with Crippen molar-refractivity contribution < 1.29 is 9.72 Å². The van der Waals surface area contributed by atoms with Crippen LogP contribution in [0.15, 0.2) is 24.3 Å². The normalized spacial score (nSPS) is 26.2. The summed E-state index contributed by atoms with van der Waals surface area (Å²) in [5.74, 6) is -0.0472. The van der Waals surface area contributed by atoms with E-state index in [1.807, 2.05) is 13.8 Å². The SMILES string of the molecule is CC(C)(C(=O)NCC1CN2CCN1CC2)c1ccc([N+](=O)[O-])cc1. The van der Waals surface area contributed by atoms with E-state index in [0.717, 1.165) is 38.3 Å². The molecule has 3 saturated heterocycles. The number of nitrogens with zero attached hydrogens (tertiary/aromatic N) is 3. The molecule has 0 spiro atoms. The van der Waals surface area contributed by atoms with E-state index in [0.29, 0.717) is 12.6 Å². The average Bonchev–Trinajstić information content (AvgIpc) is 2.60. The number of benzene rings is 1. The first-order chi connectivity index (χ1) is 11.4. The summed E-state index contributed by atoms with van der Waals surface area (Å²) in [5.41, 5.74) is 0.0909. The van der Waals surface area contributed by atoms with Crippen LogP contribution in [0.3, 0.4) is 0 Å². The topological polar surface area (TPSA) is 78.7 Å². The van der Waals surface area contributed by atoms with E-state index in [9.17, 15) is 14.9 Å². The van der Waals surface area contributed by atoms with Crippen LogP contribution in [-0.4, -0.2) is 65.9 Å². The van der Waals surface area contributed by atoms with Crippen LogP contribution in [0.2, 0.25) is 0 Å². The molecule has 1 amide bonds. The van der Waals surface area contributed by atoms with Crippen LogP contribution in [0, 0.1) is 10.1 Å². The predicted molar refractivity (Wildman–Crippen MR) is 90.9 cm³/mol. The predicted octanol–water partition coefficient (Wildman–Crippen LogP) is 0.988. The van der Waals surface area contributed by atoms with E-state index >= 15 is 0 Å². The Morgan fingerprint density at radius 1 is 1.25 bits per heavy atom. The third-order valence-corrected chi connectivity index (χ3v) is 5.26. The molecule has 1 atom stereocenters. The average molecular weight is 332 g/mol. The molecular weight excluding hydrogens is 308 g/mol. The van der Waals surface area contributed by atoms with Gasteiger partial charge in [-0.3, -0.25) is 24.7 Å². The molecule has 3 aliphatic heterocycles. The molecule has 1 N–H and O–H groups in total. The summed E-state index contributed by atoms with van der Waals surface area (Å²) in [7, 11) is 0. The lowest BCUT2D eigenvalue weighted by atomic mass is 9.83. The van der Waals surface area contributed by atoms with E-state index in [2.05, 4.69) is 15.1 Å². The zero-order chi connectivity index (χ0) is 17.3. The third kappa shape index (κ3) is 3.27. The van der Waals surface area contributed by atoms with Gasteiger partial charge >= 0.3 is 0 Å². The Morgan fingerprint density at radius 2 is 1.88 bits per heavy atom. The molecule has 0 aromatic heterocycles. The summed E-state index contributed by atoms with van der Waals surface area (Å²) in [6.07, 6.45) is 0. The lowest BCUT2D eigenvalue weighted by Gasteiger charge is -2.47. The first-order valence-electron chi connectivity index (χ1n) is 8.37. The van der Waals surface area contributed by atoms with Gasteiger partial charge in [0, 0.05) is 57.4 Å². The van der Waals surface area contributed by atoms with Crippen molar-refractivity contribution in [2.24, 2.45) is 0 Å². The lowest BCUT2D eigenvalue weighted by molar-refractivity contribution is -0.384. The van der Waals surface area contributed by atoms with Crippen molar-refractivity contribution in [3.05, 3.63) is 39.9 Å². The van der Waals surface area contributed by atoms with Crippen LogP contribution >= 0.6 is 0 Å². The van der Waals surface area contributed by atoms with E-state index in [1.54, 1.807) is 12.1 Å². The highest BCUT2D eigenvalue weighted by Crippen LogP contribution is 2.25. The van der Waals surface area contributed by atoms with Crippen molar-refractivity contribution in [2.45, 2.75) is 25.3 Å². The maximum absolute atomic E-state index is 12.7. The van der Waals surface area contributed by atoms with Crippen molar-refractivity contribution in [3.63, 3.8) is 0 Å². The fourth-order valence-corrected chi connectivity index (χ4v) is 3.48. The first kappa shape index (κ1) is 16.9. The summed E-state index contributed by atoms with van der Waals surface area (Å²) < 4.78 is 0. The molecule has 0 radical (unpaired) electrons. The zero-order valence-electron chi connectivity index (χ0n) is 14.2. The van der Waals surface area contributed by atoms with Crippen LogP contribution < -0.4 is 5.32 Å². The Balaban J connectivity index is 1.61. The second-order valence-electron chi connectivity index (χ2n) is 7.13. The summed E-state index contributed by atoms with van der Waals surface area (Å²) in [4.78, 5) is 27.9. The Labute approximate surface area is 141 Å². The molecule has 3 aliphatic rings. The molecule has 1 unspecified atom stereocenters. The second-order valence-corrected chi connectivity index (χ2v) is 7.13. The van der Waals surface area contributed by atoms with E-state index < -0.39 is 10.3 Å². The monoisotopic (exact) mass is 332 g/mol. The van der Waals surface area contributed by atoms with Gasteiger partial charge in [-0.2, -0.15) is 0 Å². The van der Waals surface area contributed by atoms with Gasteiger partial charge in [0.05, 0.1) is 10.3 Å². The van der Waals surface area contributed by atoms with Gasteiger partial charge in [-0.15, -0.1) is 0 Å². The largest absolute Gasteiger partial charge is 0.354 e. The Morgan fingerprint density at radius 3 is 2.38 bits per heavy atom. The number of nitrogens with one attached hydrogen (secondary N) is 1. The van der Waals surface area contributed by atoms with Crippen LogP contribution in [0.4, 0.5) is 5.69 Å². The molecule has 3 fully saturated rings. The summed E-state index contributed by atoms with van der Waals surface area (Å²) in [5, 5.41) is 13.8. The highest BCUT2D eigenvalue weighted by atomic mass is 16.6. The minimum Gasteiger partial charge on any atom is -0.354 e. The smallest absolute Gasteiger partial charge is 0.269 e. The third-order valence-electron chi connectivity index (χ3n) is 5.26. The summed E-state index contributed by atoms with van der Waals surface area (Å²) >= 11 is 0. The van der Waals surface area contributed by atoms with Gasteiger partial charge in [0.1, 0.15) is 0 Å². The number of hydrogen-bond acceptors (Lipinski definition) is 5. The number of non-ortho nitro benzene ring substituents is 1. The molecule has 0 saturated carbocycles. The van der Waals surface area contributed by atoms with Crippen LogP contribution in [0.1, 0.15) is 19.4 Å². The highest BCUT2D eigenvalue weighted by Gasteiger charge is 2.34.